The van der Waals surface area contributed by atoms with Gasteiger partial charge in [-0.3, -0.25) is 5.10 Å². The second-order valence-electron chi connectivity index (χ2n) is 4.01. The molecule has 0 aromatic carbocycles. The van der Waals surface area contributed by atoms with Gasteiger partial charge < -0.3 is 9.73 Å². The lowest BCUT2D eigenvalue weighted by Gasteiger charge is -2.03. The number of nitrogens with zero attached hydrogens (tertiary/aromatic N) is 3. The molecule has 0 bridgehead atoms. The maximum absolute atomic E-state index is 12.4. The largest absolute Gasteiger partial charge is 0.467 e. The average molecular weight is 283 g/mol. The van der Waals surface area contributed by atoms with Gasteiger partial charge in [0.05, 0.1) is 23.7 Å². The van der Waals surface area contributed by atoms with Crippen LogP contribution in [0.15, 0.2) is 29.3 Å². The van der Waals surface area contributed by atoms with Crippen LogP contribution in [0.25, 0.3) is 11.0 Å². The minimum absolute atomic E-state index is 0.0768. The number of hydrogen-bond acceptors (Lipinski definition) is 5. The van der Waals surface area contributed by atoms with E-state index in [0.717, 1.165) is 6.07 Å². The van der Waals surface area contributed by atoms with Gasteiger partial charge in [0.15, 0.2) is 5.65 Å². The Kier molecular flexibility index (Phi) is 2.81. The molecule has 0 aliphatic carbocycles. The molecule has 0 unspecified atom stereocenters. The number of H-pyrrole nitrogens is 1. The third-order valence-electron chi connectivity index (χ3n) is 2.66. The van der Waals surface area contributed by atoms with Crippen molar-refractivity contribution in [2.24, 2.45) is 0 Å². The van der Waals surface area contributed by atoms with Gasteiger partial charge >= 0.3 is 6.18 Å². The van der Waals surface area contributed by atoms with Gasteiger partial charge in [-0.15, -0.1) is 0 Å². The summed E-state index contributed by atoms with van der Waals surface area (Å²) in [4.78, 5) is 7.96. The molecule has 3 aromatic heterocycles. The van der Waals surface area contributed by atoms with Crippen molar-refractivity contribution in [1.29, 1.82) is 0 Å². The fraction of sp³-hybridized carbons (Fsp3) is 0.182. The topological polar surface area (TPSA) is 79.6 Å². The van der Waals surface area contributed by atoms with Gasteiger partial charge in [-0.25, -0.2) is 9.97 Å². The Labute approximate surface area is 110 Å². The smallest absolute Gasteiger partial charge is 0.419 e. The van der Waals surface area contributed by atoms with Crippen molar-refractivity contribution in [3.63, 3.8) is 0 Å². The van der Waals surface area contributed by atoms with E-state index in [1.807, 2.05) is 0 Å². The number of hydrogen-bond donors (Lipinski definition) is 2. The molecule has 3 rings (SSSR count). The molecule has 0 amide bonds. The van der Waals surface area contributed by atoms with Crippen LogP contribution in [0.2, 0.25) is 0 Å². The molecule has 0 saturated carbocycles. The summed E-state index contributed by atoms with van der Waals surface area (Å²) in [7, 11) is 0. The first-order valence-electron chi connectivity index (χ1n) is 5.56. The van der Waals surface area contributed by atoms with E-state index in [9.17, 15) is 13.2 Å². The Hall–Kier alpha value is -2.58. The standard InChI is InChI=1S/C11H8F3N5O/c12-11(13,14)6-1-7(20-4-6)2-15-9-8-3-18-19-10(8)17-5-16-9/h1,3-5H,2H2,(H2,15,16,17,18,19). The second kappa shape index (κ2) is 4.51. The summed E-state index contributed by atoms with van der Waals surface area (Å²) in [6.07, 6.45) is -0.869. The van der Waals surface area contributed by atoms with E-state index in [1.54, 1.807) is 0 Å². The van der Waals surface area contributed by atoms with Crippen LogP contribution in [0.1, 0.15) is 11.3 Å². The van der Waals surface area contributed by atoms with Crippen molar-refractivity contribution in [3.05, 3.63) is 36.2 Å². The molecular formula is C11H8F3N5O. The first-order chi connectivity index (χ1) is 9.54. The van der Waals surface area contributed by atoms with Crippen LogP contribution in [0.3, 0.4) is 0 Å². The number of halogens is 3. The van der Waals surface area contributed by atoms with Crippen LogP contribution >= 0.6 is 0 Å². The molecule has 0 aliphatic heterocycles. The van der Waals surface area contributed by atoms with Gasteiger partial charge in [0.2, 0.25) is 0 Å². The van der Waals surface area contributed by atoms with Gasteiger partial charge in [-0.05, 0) is 6.07 Å². The Morgan fingerprint density at radius 1 is 1.30 bits per heavy atom. The predicted octanol–water partition coefficient (Wildman–Crippen LogP) is 2.58. The molecular weight excluding hydrogens is 275 g/mol. The molecule has 0 atom stereocenters. The maximum Gasteiger partial charge on any atom is 0.419 e. The molecule has 9 heteroatoms. The molecule has 3 aromatic rings. The number of fused-ring (bicyclic) bond motifs is 1. The third kappa shape index (κ3) is 2.29. The quantitative estimate of drug-likeness (QED) is 0.772. The summed E-state index contributed by atoms with van der Waals surface area (Å²) in [5, 5.41) is 10.0. The minimum Gasteiger partial charge on any atom is -0.467 e. The zero-order valence-electron chi connectivity index (χ0n) is 9.90. The zero-order chi connectivity index (χ0) is 14.2. The van der Waals surface area contributed by atoms with Gasteiger partial charge in [0.25, 0.3) is 0 Å². The highest BCUT2D eigenvalue weighted by Crippen LogP contribution is 2.30. The van der Waals surface area contributed by atoms with Crippen LogP contribution in [0.5, 0.6) is 0 Å². The number of rotatable bonds is 3. The second-order valence-corrected chi connectivity index (χ2v) is 4.01. The van der Waals surface area contributed by atoms with Crippen LogP contribution in [0.4, 0.5) is 19.0 Å². The molecule has 0 aliphatic rings. The van der Waals surface area contributed by atoms with Gasteiger partial charge in [0.1, 0.15) is 24.2 Å². The summed E-state index contributed by atoms with van der Waals surface area (Å²) in [6, 6.07) is 0.945. The molecule has 104 valence electrons. The lowest BCUT2D eigenvalue weighted by molar-refractivity contribution is -0.137. The number of alkyl halides is 3. The fourth-order valence-corrected chi connectivity index (χ4v) is 1.70. The molecule has 6 nitrogen and oxygen atoms in total. The van der Waals surface area contributed by atoms with Crippen LogP contribution in [0, 0.1) is 0 Å². The first-order valence-corrected chi connectivity index (χ1v) is 5.56. The highest BCUT2D eigenvalue weighted by atomic mass is 19.4. The molecule has 0 spiro atoms. The third-order valence-corrected chi connectivity index (χ3v) is 2.66. The summed E-state index contributed by atoms with van der Waals surface area (Å²) >= 11 is 0. The lowest BCUT2D eigenvalue weighted by Crippen LogP contribution is -2.03. The Morgan fingerprint density at radius 3 is 2.90 bits per heavy atom. The Bertz CT molecular complexity index is 733. The van der Waals surface area contributed by atoms with Crippen molar-refractivity contribution >= 4 is 16.9 Å². The lowest BCUT2D eigenvalue weighted by atomic mass is 10.3. The highest BCUT2D eigenvalue weighted by molar-refractivity contribution is 5.85. The Morgan fingerprint density at radius 2 is 2.15 bits per heavy atom. The van der Waals surface area contributed by atoms with Crippen molar-refractivity contribution in [1.82, 2.24) is 20.2 Å². The van der Waals surface area contributed by atoms with Crippen LogP contribution < -0.4 is 5.32 Å². The van der Waals surface area contributed by atoms with E-state index < -0.39 is 11.7 Å². The first kappa shape index (κ1) is 12.5. The number of nitrogens with one attached hydrogen (secondary N) is 2. The monoisotopic (exact) mass is 283 g/mol. The minimum atomic E-state index is -4.41. The molecule has 3 heterocycles. The number of anilines is 1. The highest BCUT2D eigenvalue weighted by Gasteiger charge is 2.32. The van der Waals surface area contributed by atoms with Crippen LogP contribution in [-0.4, -0.2) is 20.2 Å². The van der Waals surface area contributed by atoms with E-state index >= 15 is 0 Å². The Balaban J connectivity index is 1.76. The van der Waals surface area contributed by atoms with Gasteiger partial charge in [0, 0.05) is 0 Å². The zero-order valence-corrected chi connectivity index (χ0v) is 9.90. The van der Waals surface area contributed by atoms with Gasteiger partial charge in [-0.1, -0.05) is 0 Å². The van der Waals surface area contributed by atoms with E-state index in [-0.39, 0.29) is 12.3 Å². The molecule has 0 saturated heterocycles. The molecule has 2 N–H and O–H groups in total. The predicted molar refractivity (Wildman–Crippen MR) is 62.7 cm³/mol. The van der Waals surface area contributed by atoms with E-state index in [2.05, 4.69) is 25.5 Å². The van der Waals surface area contributed by atoms with Crippen molar-refractivity contribution in [3.8, 4) is 0 Å². The number of aromatic nitrogens is 4. The summed E-state index contributed by atoms with van der Waals surface area (Å²) in [6.45, 7) is 0.0768. The van der Waals surface area contributed by atoms with Crippen molar-refractivity contribution in [2.45, 2.75) is 12.7 Å². The normalized spacial score (nSPS) is 11.9. The summed E-state index contributed by atoms with van der Waals surface area (Å²) in [5.74, 6) is 0.626. The molecule has 0 radical (unpaired) electrons. The SMILES string of the molecule is FC(F)(F)c1coc(CNc2ncnc3[nH]ncc23)c1. The van der Waals surface area contributed by atoms with Gasteiger partial charge in [-0.2, -0.15) is 18.3 Å². The average Bonchev–Trinajstić information content (AvgIpc) is 3.04. The van der Waals surface area contributed by atoms with Crippen LogP contribution in [-0.2, 0) is 12.7 Å². The maximum atomic E-state index is 12.4. The summed E-state index contributed by atoms with van der Waals surface area (Å²) < 4.78 is 42.1. The van der Waals surface area contributed by atoms with Crippen molar-refractivity contribution in [2.75, 3.05) is 5.32 Å². The van der Waals surface area contributed by atoms with E-state index in [0.29, 0.717) is 23.1 Å². The van der Waals surface area contributed by atoms with Crippen molar-refractivity contribution < 1.29 is 17.6 Å². The summed E-state index contributed by atoms with van der Waals surface area (Å²) in [5.41, 5.74) is -0.275. The van der Waals surface area contributed by atoms with E-state index in [4.69, 9.17) is 4.42 Å². The number of aromatic amines is 1. The van der Waals surface area contributed by atoms with E-state index in [1.165, 1.54) is 12.5 Å². The number of furan rings is 1. The molecule has 20 heavy (non-hydrogen) atoms. The molecule has 0 fully saturated rings. The fourth-order valence-electron chi connectivity index (χ4n) is 1.70.